The van der Waals surface area contributed by atoms with Crippen LogP contribution in [0, 0.1) is 17.2 Å². The smallest absolute Gasteiger partial charge is 0.348 e. The van der Waals surface area contributed by atoms with Crippen LogP contribution < -0.4 is 15.7 Å². The molecule has 3 heterocycles. The second-order valence-electron chi connectivity index (χ2n) is 17.6. The van der Waals surface area contributed by atoms with Crippen LogP contribution >= 0.6 is 11.6 Å². The van der Waals surface area contributed by atoms with Crippen molar-refractivity contribution in [3.8, 4) is 40.4 Å². The zero-order chi connectivity index (χ0) is 44.9. The van der Waals surface area contributed by atoms with Gasteiger partial charge in [0, 0.05) is 81.7 Å². The molecule has 0 spiro atoms. The summed E-state index contributed by atoms with van der Waals surface area (Å²) in [6, 6.07) is 25.0. The molecule has 2 amide bonds. The number of halogens is 1. The number of ether oxygens (including phenoxy) is 1. The van der Waals surface area contributed by atoms with E-state index >= 15 is 0 Å². The van der Waals surface area contributed by atoms with E-state index in [1.807, 2.05) is 43.0 Å². The highest BCUT2D eigenvalue weighted by Crippen LogP contribution is 2.37. The van der Waals surface area contributed by atoms with Crippen LogP contribution in [0.2, 0.25) is 5.02 Å². The van der Waals surface area contributed by atoms with Crippen LogP contribution in [0.4, 0.5) is 0 Å². The largest absolute Gasteiger partial charge is 0.508 e. The number of phenolic OH excluding ortho intramolecular Hbond substituents is 2. The van der Waals surface area contributed by atoms with Crippen LogP contribution in [0.15, 0.2) is 83.7 Å². The average molecular weight is 887 g/mol. The number of aromatic nitrogens is 3. The van der Waals surface area contributed by atoms with Crippen LogP contribution in [-0.4, -0.2) is 109 Å². The number of H-pyrrole nitrogens is 1. The molecule has 0 unspecified atom stereocenters. The molecule has 4 aromatic carbocycles. The lowest BCUT2D eigenvalue weighted by atomic mass is 9.92. The number of nitrogens with one attached hydrogen (secondary N) is 2. The van der Waals surface area contributed by atoms with Gasteiger partial charge in [-0.2, -0.15) is 10.4 Å². The van der Waals surface area contributed by atoms with Crippen molar-refractivity contribution in [3.63, 3.8) is 0 Å². The number of carbonyl (C=O) groups excluding carboxylic acids is 2. The number of aromatic hydroxyl groups is 2. The lowest BCUT2D eigenvalue weighted by Crippen LogP contribution is -2.48. The predicted octanol–water partition coefficient (Wildman–Crippen LogP) is 7.08. The molecular formula is C49H55ClN8O6. The summed E-state index contributed by atoms with van der Waals surface area (Å²) in [6.45, 7) is 11.0. The molecule has 3 aliphatic rings. The molecule has 2 saturated heterocycles. The summed E-state index contributed by atoms with van der Waals surface area (Å²) in [5, 5.41) is 40.3. The molecule has 1 aromatic heterocycles. The van der Waals surface area contributed by atoms with Crippen LogP contribution in [0.3, 0.4) is 0 Å². The van der Waals surface area contributed by atoms with Crippen molar-refractivity contribution in [1.29, 1.82) is 5.26 Å². The highest BCUT2D eigenvalue weighted by Gasteiger charge is 2.28. The third-order valence-electron chi connectivity index (χ3n) is 12.9. The normalized spacial score (nSPS) is 18.8. The number of piperazine rings is 1. The number of carbonyl (C=O) groups is 2. The first-order valence-corrected chi connectivity index (χ1v) is 22.6. The van der Waals surface area contributed by atoms with E-state index in [0.29, 0.717) is 63.3 Å². The Morgan fingerprint density at radius 2 is 1.53 bits per heavy atom. The third-order valence-corrected chi connectivity index (χ3v) is 13.2. The summed E-state index contributed by atoms with van der Waals surface area (Å²) in [6.07, 6.45) is 5.10. The maximum absolute atomic E-state index is 13.5. The van der Waals surface area contributed by atoms with Crippen LogP contribution in [0.25, 0.3) is 17.1 Å². The quantitative estimate of drug-likeness (QED) is 0.101. The van der Waals surface area contributed by atoms with Gasteiger partial charge in [0.1, 0.15) is 23.3 Å². The Balaban J connectivity index is 0.746. The number of benzene rings is 4. The minimum Gasteiger partial charge on any atom is -0.508 e. The second-order valence-corrected chi connectivity index (χ2v) is 18.1. The fraction of sp³-hybridized carbons (Fsp3) is 0.408. The van der Waals surface area contributed by atoms with Crippen LogP contribution in [0.5, 0.6) is 17.2 Å². The van der Waals surface area contributed by atoms with Gasteiger partial charge < -0.3 is 30.1 Å². The first-order chi connectivity index (χ1) is 30.9. The summed E-state index contributed by atoms with van der Waals surface area (Å²) in [5.74, 6) is 1.14. The van der Waals surface area contributed by atoms with Gasteiger partial charge in [0.25, 0.3) is 11.8 Å². The minimum absolute atomic E-state index is 0.00210. The molecule has 14 nitrogen and oxygen atoms in total. The topological polar surface area (TPSA) is 180 Å². The van der Waals surface area contributed by atoms with Gasteiger partial charge in [-0.1, -0.05) is 37.6 Å². The van der Waals surface area contributed by atoms with Gasteiger partial charge in [0.15, 0.2) is 5.82 Å². The van der Waals surface area contributed by atoms with Gasteiger partial charge in [-0.05, 0) is 116 Å². The van der Waals surface area contributed by atoms with E-state index in [-0.39, 0.29) is 47.2 Å². The van der Waals surface area contributed by atoms with Gasteiger partial charge >= 0.3 is 5.69 Å². The molecule has 4 N–H and O–H groups in total. The second kappa shape index (κ2) is 19.7. The number of hydrogen-bond donors (Lipinski definition) is 4. The SMILES string of the molecule is CC(C)c1cc(-c2n[nH]c(=O)n2-c2ccc(CN3CCN(CC4CCN(C(=O)c5ccc(C(=O)NC6CCC(Oc7ccc(C#N)c(Cl)c7)CC6)cc5)CC4)CC3)cc2)c(O)cc1O. The predicted molar refractivity (Wildman–Crippen MR) is 244 cm³/mol. The molecule has 0 radical (unpaired) electrons. The lowest BCUT2D eigenvalue weighted by Gasteiger charge is -2.39. The van der Waals surface area contributed by atoms with E-state index in [9.17, 15) is 24.6 Å². The van der Waals surface area contributed by atoms with Gasteiger partial charge in [-0.25, -0.2) is 14.5 Å². The number of hydrogen-bond acceptors (Lipinski definition) is 10. The summed E-state index contributed by atoms with van der Waals surface area (Å²) >= 11 is 6.16. The standard InChI is InChI=1S/C49H55ClN8O6/c1-31(2)41-26-42(45(60)27-44(41)59)46-53-54-49(63)58(46)38-12-3-32(4-13-38)29-55-21-23-56(24-22-55)30-33-17-19-57(20-18-33)48(62)35-7-5-34(6-8-35)47(61)52-37-10-15-39(16-11-37)64-40-14-9-36(28-51)43(50)25-40/h3-9,12-14,25-27,31,33,37,39,59-60H,10-11,15-24,29-30H2,1-2H3,(H,52,61)(H,54,63). The molecule has 0 bridgehead atoms. The Bertz CT molecular complexity index is 2540. The molecule has 3 fully saturated rings. The Morgan fingerprint density at radius 1 is 0.859 bits per heavy atom. The highest BCUT2D eigenvalue weighted by atomic mass is 35.5. The first-order valence-electron chi connectivity index (χ1n) is 22.3. The van der Waals surface area contributed by atoms with Gasteiger partial charge in [-0.3, -0.25) is 14.5 Å². The average Bonchev–Trinajstić information content (AvgIpc) is 3.68. The summed E-state index contributed by atoms with van der Waals surface area (Å²) in [5.41, 5.74) is 3.89. The van der Waals surface area contributed by atoms with Gasteiger partial charge in [-0.15, -0.1) is 0 Å². The van der Waals surface area contributed by atoms with E-state index in [1.54, 1.807) is 48.5 Å². The molecule has 15 heteroatoms. The van der Waals surface area contributed by atoms with Crippen molar-refractivity contribution >= 4 is 23.4 Å². The number of phenols is 2. The minimum atomic E-state index is -0.421. The Morgan fingerprint density at radius 3 is 2.19 bits per heavy atom. The zero-order valence-electron chi connectivity index (χ0n) is 36.3. The monoisotopic (exact) mass is 886 g/mol. The Labute approximate surface area is 378 Å². The molecule has 8 rings (SSSR count). The van der Waals surface area contributed by atoms with E-state index in [2.05, 4.69) is 31.4 Å². The fourth-order valence-corrected chi connectivity index (χ4v) is 9.38. The maximum atomic E-state index is 13.5. The highest BCUT2D eigenvalue weighted by molar-refractivity contribution is 6.31. The number of aromatic amines is 1. The Kier molecular flexibility index (Phi) is 13.7. The number of nitrogens with zero attached hydrogens (tertiary/aromatic N) is 6. The van der Waals surface area contributed by atoms with Crippen molar-refractivity contribution < 1.29 is 24.5 Å². The van der Waals surface area contributed by atoms with Crippen molar-refractivity contribution in [1.82, 2.24) is 34.8 Å². The maximum Gasteiger partial charge on any atom is 0.348 e. The van der Waals surface area contributed by atoms with E-state index in [1.165, 1.54) is 10.6 Å². The molecule has 1 aliphatic carbocycles. The van der Waals surface area contributed by atoms with Gasteiger partial charge in [0.05, 0.1) is 27.9 Å². The van der Waals surface area contributed by atoms with Crippen LogP contribution in [0.1, 0.15) is 95.7 Å². The molecule has 0 atom stereocenters. The first kappa shape index (κ1) is 44.5. The molecule has 64 heavy (non-hydrogen) atoms. The van der Waals surface area contributed by atoms with Crippen molar-refractivity contribution in [3.05, 3.63) is 122 Å². The number of likely N-dealkylation sites (tertiary alicyclic amines) is 1. The molecular weight excluding hydrogens is 832 g/mol. The fourth-order valence-electron chi connectivity index (χ4n) is 9.17. The number of nitriles is 1. The Hall–Kier alpha value is -6.14. The molecule has 5 aromatic rings. The van der Waals surface area contributed by atoms with E-state index < -0.39 is 5.69 Å². The summed E-state index contributed by atoms with van der Waals surface area (Å²) < 4.78 is 7.52. The number of piperidine rings is 1. The number of rotatable bonds is 12. The van der Waals surface area contributed by atoms with E-state index in [4.69, 9.17) is 21.6 Å². The number of amides is 2. The van der Waals surface area contributed by atoms with Crippen molar-refractivity contribution in [2.24, 2.45) is 5.92 Å². The molecule has 2 aliphatic heterocycles. The third kappa shape index (κ3) is 10.3. The van der Waals surface area contributed by atoms with Gasteiger partial charge in [0.2, 0.25) is 0 Å². The molecule has 334 valence electrons. The lowest BCUT2D eigenvalue weighted by molar-refractivity contribution is 0.0628. The van der Waals surface area contributed by atoms with E-state index in [0.717, 1.165) is 83.4 Å². The summed E-state index contributed by atoms with van der Waals surface area (Å²) in [7, 11) is 0. The van der Waals surface area contributed by atoms with Crippen molar-refractivity contribution in [2.75, 3.05) is 45.8 Å². The molecule has 1 saturated carbocycles. The van der Waals surface area contributed by atoms with Crippen molar-refractivity contribution in [2.45, 2.75) is 77.0 Å². The zero-order valence-corrected chi connectivity index (χ0v) is 37.1. The summed E-state index contributed by atoms with van der Waals surface area (Å²) in [4.78, 5) is 46.4. The van der Waals surface area contributed by atoms with Crippen LogP contribution in [-0.2, 0) is 6.54 Å².